The van der Waals surface area contributed by atoms with Crippen LogP contribution in [0.3, 0.4) is 0 Å². The molecule has 104 valence electrons. The largest absolute Gasteiger partial charge is 0.388 e. The van der Waals surface area contributed by atoms with E-state index in [1.165, 1.54) is 36.1 Å². The van der Waals surface area contributed by atoms with Crippen molar-refractivity contribution in [3.05, 3.63) is 70.0 Å². The highest BCUT2D eigenvalue weighted by Gasteiger charge is 2.15. The van der Waals surface area contributed by atoms with E-state index < -0.39 is 6.10 Å². The number of aryl methyl sites for hydroxylation is 3. The van der Waals surface area contributed by atoms with Gasteiger partial charge in [-0.2, -0.15) is 0 Å². The molecule has 1 unspecified atom stereocenters. The average Bonchev–Trinajstić information content (AvgIpc) is 2.85. The molecule has 1 nitrogen and oxygen atoms in total. The van der Waals surface area contributed by atoms with Crippen molar-refractivity contribution in [2.45, 2.75) is 38.7 Å². The second-order valence-corrected chi connectivity index (χ2v) is 5.68. The van der Waals surface area contributed by atoms with Crippen LogP contribution in [0.5, 0.6) is 0 Å². The fourth-order valence-corrected chi connectivity index (χ4v) is 3.10. The number of rotatable bonds is 3. The van der Waals surface area contributed by atoms with E-state index in [-0.39, 0.29) is 5.82 Å². The molecule has 1 N–H and O–H groups in total. The second kappa shape index (κ2) is 5.37. The Morgan fingerprint density at radius 2 is 1.90 bits per heavy atom. The summed E-state index contributed by atoms with van der Waals surface area (Å²) in [5.74, 6) is -0.254. The molecule has 0 heterocycles. The molecule has 0 aromatic heterocycles. The Morgan fingerprint density at radius 3 is 2.70 bits per heavy atom. The van der Waals surface area contributed by atoms with E-state index in [1.54, 1.807) is 6.07 Å². The van der Waals surface area contributed by atoms with Crippen molar-refractivity contribution in [2.24, 2.45) is 0 Å². The summed E-state index contributed by atoms with van der Waals surface area (Å²) in [4.78, 5) is 0. The van der Waals surface area contributed by atoms with Crippen LogP contribution in [0.2, 0.25) is 0 Å². The van der Waals surface area contributed by atoms with Crippen molar-refractivity contribution in [2.75, 3.05) is 0 Å². The van der Waals surface area contributed by atoms with Crippen molar-refractivity contribution >= 4 is 0 Å². The summed E-state index contributed by atoms with van der Waals surface area (Å²) >= 11 is 0. The zero-order valence-corrected chi connectivity index (χ0v) is 11.7. The number of hydrogen-bond donors (Lipinski definition) is 1. The summed E-state index contributed by atoms with van der Waals surface area (Å²) < 4.78 is 13.1. The molecule has 0 aliphatic heterocycles. The molecular weight excluding hydrogens is 251 g/mol. The molecule has 0 saturated heterocycles. The fraction of sp³-hybridized carbons (Fsp3) is 0.333. The van der Waals surface area contributed by atoms with E-state index >= 15 is 0 Å². The number of aliphatic hydroxyl groups is 1. The first-order chi connectivity index (χ1) is 9.63. The molecule has 1 aliphatic rings. The van der Waals surface area contributed by atoms with Gasteiger partial charge < -0.3 is 5.11 Å². The third kappa shape index (κ3) is 2.61. The van der Waals surface area contributed by atoms with Gasteiger partial charge in [-0.15, -0.1) is 0 Å². The topological polar surface area (TPSA) is 20.2 Å². The lowest BCUT2D eigenvalue weighted by molar-refractivity contribution is 0.177. The maximum Gasteiger partial charge on any atom is 0.123 e. The molecule has 1 atom stereocenters. The van der Waals surface area contributed by atoms with E-state index in [0.29, 0.717) is 6.42 Å². The van der Waals surface area contributed by atoms with E-state index in [9.17, 15) is 9.50 Å². The summed E-state index contributed by atoms with van der Waals surface area (Å²) in [6, 6.07) is 11.1. The molecule has 3 rings (SSSR count). The molecule has 0 amide bonds. The molecule has 20 heavy (non-hydrogen) atoms. The van der Waals surface area contributed by atoms with Crippen LogP contribution in [0.4, 0.5) is 4.39 Å². The Morgan fingerprint density at radius 1 is 1.10 bits per heavy atom. The van der Waals surface area contributed by atoms with Crippen LogP contribution in [-0.4, -0.2) is 5.11 Å². The maximum absolute atomic E-state index is 13.1. The van der Waals surface area contributed by atoms with E-state index in [4.69, 9.17) is 0 Å². The highest BCUT2D eigenvalue weighted by atomic mass is 19.1. The first-order valence-corrected chi connectivity index (χ1v) is 7.18. The molecule has 0 fully saturated rings. The van der Waals surface area contributed by atoms with Gasteiger partial charge in [0.15, 0.2) is 0 Å². The fourth-order valence-electron chi connectivity index (χ4n) is 3.10. The minimum absolute atomic E-state index is 0.254. The number of benzene rings is 2. The van der Waals surface area contributed by atoms with Crippen LogP contribution in [0.15, 0.2) is 36.4 Å². The van der Waals surface area contributed by atoms with Gasteiger partial charge >= 0.3 is 0 Å². The summed E-state index contributed by atoms with van der Waals surface area (Å²) in [5.41, 5.74) is 5.64. The van der Waals surface area contributed by atoms with Crippen molar-refractivity contribution < 1.29 is 9.50 Å². The lowest BCUT2D eigenvalue weighted by atomic mass is 9.96. The molecule has 0 saturated carbocycles. The van der Waals surface area contributed by atoms with Crippen LogP contribution in [0.1, 0.15) is 40.3 Å². The highest BCUT2D eigenvalue weighted by Crippen LogP contribution is 2.26. The standard InChI is InChI=1S/C18H19FO/c1-12-9-16(19)7-8-17(12)18(20)11-13-5-6-14-3-2-4-15(14)10-13/h5-10,18,20H,2-4,11H2,1H3. The Labute approximate surface area is 119 Å². The van der Waals surface area contributed by atoms with E-state index in [2.05, 4.69) is 18.2 Å². The van der Waals surface area contributed by atoms with E-state index in [0.717, 1.165) is 23.1 Å². The average molecular weight is 270 g/mol. The van der Waals surface area contributed by atoms with Crippen LogP contribution < -0.4 is 0 Å². The van der Waals surface area contributed by atoms with Gasteiger partial charge in [-0.25, -0.2) is 4.39 Å². The molecule has 0 spiro atoms. The van der Waals surface area contributed by atoms with Crippen LogP contribution in [0, 0.1) is 12.7 Å². The summed E-state index contributed by atoms with van der Waals surface area (Å²) in [7, 11) is 0. The predicted octanol–water partition coefficient (Wildman–Crippen LogP) is 3.90. The van der Waals surface area contributed by atoms with Crippen LogP contribution >= 0.6 is 0 Å². The molecule has 0 radical (unpaired) electrons. The third-order valence-electron chi connectivity index (χ3n) is 4.18. The Balaban J connectivity index is 1.80. The number of hydrogen-bond acceptors (Lipinski definition) is 1. The van der Waals surface area contributed by atoms with Gasteiger partial charge in [0.1, 0.15) is 5.82 Å². The van der Waals surface area contributed by atoms with Gasteiger partial charge in [0.25, 0.3) is 0 Å². The quantitative estimate of drug-likeness (QED) is 0.897. The summed E-state index contributed by atoms with van der Waals surface area (Å²) in [6.07, 6.45) is 3.57. The lowest BCUT2D eigenvalue weighted by Crippen LogP contribution is -2.04. The van der Waals surface area contributed by atoms with Crippen molar-refractivity contribution in [1.29, 1.82) is 0 Å². The molecule has 2 aromatic carbocycles. The molecule has 2 aromatic rings. The number of fused-ring (bicyclic) bond motifs is 1. The minimum atomic E-state index is -0.574. The number of aliphatic hydroxyl groups excluding tert-OH is 1. The Kier molecular flexibility index (Phi) is 3.58. The Hall–Kier alpha value is -1.67. The maximum atomic E-state index is 13.1. The highest BCUT2D eigenvalue weighted by molar-refractivity contribution is 5.36. The monoisotopic (exact) mass is 270 g/mol. The van der Waals surface area contributed by atoms with Gasteiger partial charge in [0.05, 0.1) is 6.10 Å². The zero-order chi connectivity index (χ0) is 14.1. The molecule has 2 heteroatoms. The second-order valence-electron chi connectivity index (χ2n) is 5.68. The van der Waals surface area contributed by atoms with Gasteiger partial charge in [-0.1, -0.05) is 24.3 Å². The molecule has 1 aliphatic carbocycles. The number of halogens is 1. The van der Waals surface area contributed by atoms with Gasteiger partial charge in [-0.05, 0) is 66.1 Å². The van der Waals surface area contributed by atoms with Gasteiger partial charge in [-0.3, -0.25) is 0 Å². The van der Waals surface area contributed by atoms with Gasteiger partial charge in [0, 0.05) is 6.42 Å². The minimum Gasteiger partial charge on any atom is -0.388 e. The van der Waals surface area contributed by atoms with Crippen molar-refractivity contribution in [3.8, 4) is 0 Å². The lowest BCUT2D eigenvalue weighted by Gasteiger charge is -2.14. The zero-order valence-electron chi connectivity index (χ0n) is 11.7. The van der Waals surface area contributed by atoms with Crippen LogP contribution in [-0.2, 0) is 19.3 Å². The van der Waals surface area contributed by atoms with E-state index in [1.807, 2.05) is 6.92 Å². The summed E-state index contributed by atoms with van der Waals surface area (Å²) in [6.45, 7) is 1.84. The Bertz CT molecular complexity index is 633. The normalized spacial score (nSPS) is 15.2. The molecule has 0 bridgehead atoms. The van der Waals surface area contributed by atoms with Crippen LogP contribution in [0.25, 0.3) is 0 Å². The third-order valence-corrected chi connectivity index (χ3v) is 4.18. The van der Waals surface area contributed by atoms with Gasteiger partial charge in [0.2, 0.25) is 0 Å². The first kappa shape index (κ1) is 13.3. The van der Waals surface area contributed by atoms with Crippen molar-refractivity contribution in [3.63, 3.8) is 0 Å². The summed E-state index contributed by atoms with van der Waals surface area (Å²) in [5, 5.41) is 10.4. The predicted molar refractivity (Wildman–Crippen MR) is 78.3 cm³/mol. The SMILES string of the molecule is Cc1cc(F)ccc1C(O)Cc1ccc2c(c1)CCC2. The van der Waals surface area contributed by atoms with Crippen molar-refractivity contribution in [1.82, 2.24) is 0 Å². The first-order valence-electron chi connectivity index (χ1n) is 7.18. The molecular formula is C18H19FO. The smallest absolute Gasteiger partial charge is 0.123 e.